The number of aromatic nitrogens is 2. The second-order valence-corrected chi connectivity index (χ2v) is 8.60. The minimum atomic E-state index is 0.363. The Hall–Kier alpha value is -2.56. The largest absolute Gasteiger partial charge is 0.495 e. The second-order valence-electron chi connectivity index (χ2n) is 8.60. The Bertz CT molecular complexity index is 983. The van der Waals surface area contributed by atoms with Crippen LogP contribution in [-0.4, -0.2) is 74.0 Å². The third kappa shape index (κ3) is 4.56. The Morgan fingerprint density at radius 3 is 2.61 bits per heavy atom. The summed E-state index contributed by atoms with van der Waals surface area (Å²) in [6, 6.07) is 4.46. The number of nitrogens with zero attached hydrogens (tertiary/aromatic N) is 4. The predicted octanol–water partition coefficient (Wildman–Crippen LogP) is 2.89. The smallest absolute Gasteiger partial charge is 0.227 e. The van der Waals surface area contributed by atoms with Gasteiger partial charge in [0.15, 0.2) is 0 Å². The molecule has 0 spiro atoms. The first-order valence-corrected chi connectivity index (χ1v) is 11.5. The number of methoxy groups -OCH3 is 1. The highest BCUT2D eigenvalue weighted by Crippen LogP contribution is 2.32. The van der Waals surface area contributed by atoms with Crippen LogP contribution in [0, 0.1) is 11.8 Å². The van der Waals surface area contributed by atoms with Crippen LogP contribution in [0.25, 0.3) is 10.9 Å². The average Bonchev–Trinajstić information content (AvgIpc) is 3.26. The summed E-state index contributed by atoms with van der Waals surface area (Å²) < 4.78 is 11.2. The van der Waals surface area contributed by atoms with Crippen LogP contribution >= 0.6 is 0 Å². The fourth-order valence-electron chi connectivity index (χ4n) is 4.40. The van der Waals surface area contributed by atoms with E-state index in [1.165, 1.54) is 19.3 Å². The van der Waals surface area contributed by atoms with Crippen molar-refractivity contribution in [2.75, 3.05) is 63.3 Å². The van der Waals surface area contributed by atoms with Crippen molar-refractivity contribution in [2.45, 2.75) is 38.1 Å². The van der Waals surface area contributed by atoms with Crippen molar-refractivity contribution in [1.29, 1.82) is 0 Å². The summed E-state index contributed by atoms with van der Waals surface area (Å²) in [5.74, 6) is 9.13. The molecule has 3 fully saturated rings. The topological polar surface area (TPSA) is 62.8 Å². The van der Waals surface area contributed by atoms with Gasteiger partial charge in [-0.25, -0.2) is 4.98 Å². The fraction of sp³-hybridized carbons (Fsp3) is 0.583. The van der Waals surface area contributed by atoms with Gasteiger partial charge in [-0.15, -0.1) is 0 Å². The van der Waals surface area contributed by atoms with Crippen LogP contribution in [0.1, 0.15) is 37.7 Å². The highest BCUT2D eigenvalue weighted by atomic mass is 16.5. The van der Waals surface area contributed by atoms with E-state index in [2.05, 4.69) is 33.0 Å². The van der Waals surface area contributed by atoms with E-state index < -0.39 is 0 Å². The van der Waals surface area contributed by atoms with E-state index in [0.29, 0.717) is 6.04 Å². The van der Waals surface area contributed by atoms with Crippen LogP contribution in [0.15, 0.2) is 12.1 Å². The lowest BCUT2D eigenvalue weighted by molar-refractivity contribution is 0.0904. The Kier molecular flexibility index (Phi) is 6.10. The summed E-state index contributed by atoms with van der Waals surface area (Å²) in [6.07, 6.45) is 5.73. The summed E-state index contributed by atoms with van der Waals surface area (Å²) >= 11 is 0. The standard InChI is InChI=1S/C24H31N5O2/c1-30-22-17-20-21(16-18(22)6-4-11-28-9-2-3-10-28)26-24(29-12-5-13-29)27-23(20)25-19-7-14-31-15-8-19/h16-17,19H,2-3,5,7-15H2,1H3,(H,25,26,27). The molecule has 0 unspecified atom stereocenters. The molecular formula is C24H31N5O2. The maximum atomic E-state index is 5.70. The molecule has 4 heterocycles. The van der Waals surface area contributed by atoms with Crippen LogP contribution < -0.4 is 15.0 Å². The first-order valence-electron chi connectivity index (χ1n) is 11.5. The number of rotatable bonds is 5. The van der Waals surface area contributed by atoms with Crippen molar-refractivity contribution < 1.29 is 9.47 Å². The van der Waals surface area contributed by atoms with Gasteiger partial charge in [0, 0.05) is 37.7 Å². The molecule has 0 saturated carbocycles. The van der Waals surface area contributed by atoms with Crippen LogP contribution in [0.3, 0.4) is 0 Å². The van der Waals surface area contributed by atoms with E-state index in [9.17, 15) is 0 Å². The summed E-state index contributed by atoms with van der Waals surface area (Å²) in [5.41, 5.74) is 1.80. The maximum absolute atomic E-state index is 5.70. The number of likely N-dealkylation sites (tertiary alicyclic amines) is 1. The molecule has 1 N–H and O–H groups in total. The summed E-state index contributed by atoms with van der Waals surface area (Å²) in [4.78, 5) is 14.4. The number of fused-ring (bicyclic) bond motifs is 1. The van der Waals surface area contributed by atoms with Gasteiger partial charge in [-0.2, -0.15) is 4.98 Å². The third-order valence-electron chi connectivity index (χ3n) is 6.43. The van der Waals surface area contributed by atoms with E-state index >= 15 is 0 Å². The molecule has 31 heavy (non-hydrogen) atoms. The number of nitrogens with one attached hydrogen (secondary N) is 1. The van der Waals surface area contributed by atoms with E-state index in [-0.39, 0.29) is 0 Å². The number of hydrogen-bond acceptors (Lipinski definition) is 7. The highest BCUT2D eigenvalue weighted by Gasteiger charge is 2.22. The Balaban J connectivity index is 1.49. The fourth-order valence-corrected chi connectivity index (χ4v) is 4.40. The zero-order valence-corrected chi connectivity index (χ0v) is 18.3. The van der Waals surface area contributed by atoms with E-state index in [1.807, 2.05) is 6.07 Å². The molecule has 0 amide bonds. The van der Waals surface area contributed by atoms with Gasteiger partial charge in [-0.05, 0) is 57.3 Å². The normalized spacial score (nSPS) is 19.7. The van der Waals surface area contributed by atoms with Crippen LogP contribution in [-0.2, 0) is 4.74 Å². The van der Waals surface area contributed by atoms with E-state index in [0.717, 1.165) is 92.8 Å². The molecule has 164 valence electrons. The molecule has 7 heteroatoms. The molecule has 2 aromatic rings. The molecule has 3 aliphatic rings. The van der Waals surface area contributed by atoms with Gasteiger partial charge in [0.25, 0.3) is 0 Å². The molecule has 0 atom stereocenters. The summed E-state index contributed by atoms with van der Waals surface area (Å²) in [5, 5.41) is 4.65. The number of ether oxygens (including phenoxy) is 2. The number of benzene rings is 1. The van der Waals surface area contributed by atoms with E-state index in [1.54, 1.807) is 7.11 Å². The van der Waals surface area contributed by atoms with E-state index in [4.69, 9.17) is 19.4 Å². The summed E-state index contributed by atoms with van der Waals surface area (Å²) in [6.45, 7) is 6.72. The van der Waals surface area contributed by atoms with Gasteiger partial charge >= 0.3 is 0 Å². The van der Waals surface area contributed by atoms with Crippen molar-refractivity contribution in [2.24, 2.45) is 0 Å². The SMILES string of the molecule is COc1cc2c(NC3CCOCC3)nc(N3CCC3)nc2cc1C#CCN1CCCC1. The Morgan fingerprint density at radius 1 is 1.10 bits per heavy atom. The highest BCUT2D eigenvalue weighted by molar-refractivity contribution is 5.93. The predicted molar refractivity (Wildman–Crippen MR) is 123 cm³/mol. The molecular weight excluding hydrogens is 390 g/mol. The van der Waals surface area contributed by atoms with Crippen LogP contribution in [0.2, 0.25) is 0 Å². The minimum absolute atomic E-state index is 0.363. The molecule has 0 bridgehead atoms. The van der Waals surface area contributed by atoms with Gasteiger partial charge in [-0.1, -0.05) is 11.8 Å². The molecule has 0 aliphatic carbocycles. The monoisotopic (exact) mass is 421 g/mol. The lowest BCUT2D eigenvalue weighted by atomic mass is 10.1. The molecule has 3 aliphatic heterocycles. The van der Waals surface area contributed by atoms with Gasteiger partial charge in [0.2, 0.25) is 5.95 Å². The van der Waals surface area contributed by atoms with Crippen molar-refractivity contribution in [3.63, 3.8) is 0 Å². The Labute approximate surface area is 184 Å². The van der Waals surface area contributed by atoms with Crippen molar-refractivity contribution in [3.8, 4) is 17.6 Å². The Morgan fingerprint density at radius 2 is 1.90 bits per heavy atom. The maximum Gasteiger partial charge on any atom is 0.227 e. The van der Waals surface area contributed by atoms with Gasteiger partial charge in [0.1, 0.15) is 11.6 Å². The van der Waals surface area contributed by atoms with Gasteiger partial charge in [-0.3, -0.25) is 4.90 Å². The number of anilines is 2. The first kappa shape index (κ1) is 20.3. The zero-order valence-electron chi connectivity index (χ0n) is 18.3. The third-order valence-corrected chi connectivity index (χ3v) is 6.43. The van der Waals surface area contributed by atoms with Crippen molar-refractivity contribution in [3.05, 3.63) is 17.7 Å². The lowest BCUT2D eigenvalue weighted by Crippen LogP contribution is -2.38. The molecule has 3 saturated heterocycles. The van der Waals surface area contributed by atoms with Gasteiger partial charge < -0.3 is 19.7 Å². The quantitative estimate of drug-likeness (QED) is 0.745. The van der Waals surface area contributed by atoms with Crippen molar-refractivity contribution >= 4 is 22.7 Å². The molecule has 7 nitrogen and oxygen atoms in total. The lowest BCUT2D eigenvalue weighted by Gasteiger charge is -2.32. The average molecular weight is 422 g/mol. The minimum Gasteiger partial charge on any atom is -0.495 e. The summed E-state index contributed by atoms with van der Waals surface area (Å²) in [7, 11) is 1.70. The van der Waals surface area contributed by atoms with Crippen LogP contribution in [0.5, 0.6) is 5.75 Å². The zero-order chi connectivity index (χ0) is 21.0. The van der Waals surface area contributed by atoms with Crippen LogP contribution in [0.4, 0.5) is 11.8 Å². The number of hydrogen-bond donors (Lipinski definition) is 1. The molecule has 0 radical (unpaired) electrons. The second kappa shape index (κ2) is 9.29. The van der Waals surface area contributed by atoms with Crippen molar-refractivity contribution in [1.82, 2.24) is 14.9 Å². The molecule has 1 aromatic heterocycles. The first-order chi connectivity index (χ1) is 15.3. The molecule has 5 rings (SSSR count). The van der Waals surface area contributed by atoms with Gasteiger partial charge in [0.05, 0.1) is 24.7 Å². The molecule has 1 aromatic carbocycles.